The predicted octanol–water partition coefficient (Wildman–Crippen LogP) is 1.32. The highest BCUT2D eigenvalue weighted by Crippen LogP contribution is 2.14. The zero-order valence-electron chi connectivity index (χ0n) is 11.9. The Morgan fingerprint density at radius 2 is 1.78 bits per heavy atom. The average molecular weight is 338 g/mol. The number of nitrogens with one attached hydrogen (secondary N) is 2. The smallest absolute Gasteiger partial charge is 0.411 e. The molecule has 23 heavy (non-hydrogen) atoms. The molecule has 128 valence electrons. The molecule has 2 N–H and O–H groups in total. The number of hydrazine groups is 1. The molecule has 1 unspecified atom stereocenters. The second-order valence-electron chi connectivity index (χ2n) is 4.36. The molecule has 1 rings (SSSR count). The lowest BCUT2D eigenvalue weighted by molar-refractivity contribution is -0.176. The number of rotatable bonds is 6. The maximum Gasteiger partial charge on any atom is 0.411 e. The van der Waals surface area contributed by atoms with Gasteiger partial charge in [0.2, 0.25) is 0 Å². The molecule has 0 saturated carbocycles. The van der Waals surface area contributed by atoms with Crippen molar-refractivity contribution in [3.05, 3.63) is 30.1 Å². The minimum Gasteiger partial charge on any atom is -0.481 e. The molecular weight excluding hydrogens is 324 g/mol. The Labute approximate surface area is 128 Å². The SMILES string of the molecule is CC(Oc1ccc(F)cc1)C(=O)NNC(=O)COCC(F)(F)F. The molecule has 2 amide bonds. The summed E-state index contributed by atoms with van der Waals surface area (Å²) in [5.41, 5.74) is 3.84. The van der Waals surface area contributed by atoms with Crippen molar-refractivity contribution < 1.29 is 36.6 Å². The summed E-state index contributed by atoms with van der Waals surface area (Å²) in [5, 5.41) is 0. The lowest BCUT2D eigenvalue weighted by Gasteiger charge is -2.15. The number of ether oxygens (including phenoxy) is 2. The summed E-state index contributed by atoms with van der Waals surface area (Å²) in [5.74, 6) is -1.95. The van der Waals surface area contributed by atoms with Crippen LogP contribution in [0.4, 0.5) is 17.6 Å². The molecule has 0 aliphatic heterocycles. The minimum absolute atomic E-state index is 0.230. The van der Waals surface area contributed by atoms with E-state index in [1.54, 1.807) is 0 Å². The van der Waals surface area contributed by atoms with Gasteiger partial charge in [-0.1, -0.05) is 0 Å². The molecule has 0 heterocycles. The summed E-state index contributed by atoms with van der Waals surface area (Å²) >= 11 is 0. The van der Waals surface area contributed by atoms with E-state index in [0.717, 1.165) is 12.1 Å². The van der Waals surface area contributed by atoms with Gasteiger partial charge in [0.1, 0.15) is 24.8 Å². The first-order valence-electron chi connectivity index (χ1n) is 6.33. The first-order valence-corrected chi connectivity index (χ1v) is 6.33. The molecule has 0 bridgehead atoms. The molecule has 6 nitrogen and oxygen atoms in total. The van der Waals surface area contributed by atoms with Crippen molar-refractivity contribution in [2.24, 2.45) is 0 Å². The number of carbonyl (C=O) groups excluding carboxylic acids is 2. The van der Waals surface area contributed by atoms with Gasteiger partial charge in [0, 0.05) is 0 Å². The largest absolute Gasteiger partial charge is 0.481 e. The lowest BCUT2D eigenvalue weighted by atomic mass is 10.3. The van der Waals surface area contributed by atoms with E-state index in [1.165, 1.54) is 19.1 Å². The van der Waals surface area contributed by atoms with Gasteiger partial charge in [-0.2, -0.15) is 13.2 Å². The number of halogens is 4. The summed E-state index contributed by atoms with van der Waals surface area (Å²) in [6, 6.07) is 4.89. The van der Waals surface area contributed by atoms with E-state index in [0.29, 0.717) is 0 Å². The minimum atomic E-state index is -4.54. The highest BCUT2D eigenvalue weighted by Gasteiger charge is 2.27. The third kappa shape index (κ3) is 8.00. The fourth-order valence-corrected chi connectivity index (χ4v) is 1.30. The van der Waals surface area contributed by atoms with Crippen LogP contribution in [0.5, 0.6) is 5.75 Å². The Morgan fingerprint density at radius 1 is 1.17 bits per heavy atom. The topological polar surface area (TPSA) is 76.7 Å². The van der Waals surface area contributed by atoms with Crippen molar-refractivity contribution in [2.45, 2.75) is 19.2 Å². The molecule has 0 spiro atoms. The van der Waals surface area contributed by atoms with E-state index < -0.39 is 43.1 Å². The zero-order valence-corrected chi connectivity index (χ0v) is 11.9. The van der Waals surface area contributed by atoms with Crippen molar-refractivity contribution in [3.8, 4) is 5.75 Å². The molecule has 1 aromatic rings. The number of hydrogen-bond donors (Lipinski definition) is 2. The van der Waals surface area contributed by atoms with E-state index >= 15 is 0 Å². The van der Waals surface area contributed by atoms with E-state index in [1.807, 2.05) is 10.9 Å². The number of benzene rings is 1. The Kier molecular flexibility index (Phi) is 6.76. The van der Waals surface area contributed by atoms with Crippen molar-refractivity contribution in [1.29, 1.82) is 0 Å². The van der Waals surface area contributed by atoms with Crippen molar-refractivity contribution in [2.75, 3.05) is 13.2 Å². The van der Waals surface area contributed by atoms with Crippen LogP contribution < -0.4 is 15.6 Å². The molecule has 0 fully saturated rings. The Bertz CT molecular complexity index is 534. The molecule has 10 heteroatoms. The zero-order chi connectivity index (χ0) is 17.5. The monoisotopic (exact) mass is 338 g/mol. The van der Waals surface area contributed by atoms with Crippen molar-refractivity contribution in [3.63, 3.8) is 0 Å². The van der Waals surface area contributed by atoms with Gasteiger partial charge in [-0.05, 0) is 31.2 Å². The van der Waals surface area contributed by atoms with Gasteiger partial charge in [0.15, 0.2) is 6.10 Å². The molecule has 0 aromatic heterocycles. The molecule has 1 atom stereocenters. The van der Waals surface area contributed by atoms with Gasteiger partial charge in [-0.3, -0.25) is 20.4 Å². The standard InChI is InChI=1S/C13H14F4N2O4/c1-8(23-10-4-2-9(14)3-5-10)12(21)19-18-11(20)6-22-7-13(15,16)17/h2-5,8H,6-7H2,1H3,(H,18,20)(H,19,21). The van der Waals surface area contributed by atoms with Crippen LogP contribution in [0.25, 0.3) is 0 Å². The molecule has 1 aromatic carbocycles. The van der Waals surface area contributed by atoms with Crippen LogP contribution in [0.2, 0.25) is 0 Å². The van der Waals surface area contributed by atoms with Crippen LogP contribution in [-0.4, -0.2) is 37.3 Å². The van der Waals surface area contributed by atoms with Gasteiger partial charge >= 0.3 is 6.18 Å². The van der Waals surface area contributed by atoms with Crippen LogP contribution in [0.3, 0.4) is 0 Å². The summed E-state index contributed by atoms with van der Waals surface area (Å²) < 4.78 is 57.4. The quantitative estimate of drug-likeness (QED) is 0.606. The van der Waals surface area contributed by atoms with E-state index in [-0.39, 0.29) is 5.75 Å². The van der Waals surface area contributed by atoms with Crippen LogP contribution in [-0.2, 0) is 14.3 Å². The first kappa shape index (κ1) is 18.7. The van der Waals surface area contributed by atoms with Crippen LogP contribution in [0.15, 0.2) is 24.3 Å². The molecule has 0 saturated heterocycles. The maximum atomic E-state index is 12.7. The summed E-state index contributed by atoms with van der Waals surface area (Å²) in [4.78, 5) is 22.8. The molecular formula is C13H14F4N2O4. The van der Waals surface area contributed by atoms with Crippen LogP contribution in [0, 0.1) is 5.82 Å². The number of hydrogen-bond acceptors (Lipinski definition) is 4. The lowest BCUT2D eigenvalue weighted by Crippen LogP contribution is -2.48. The average Bonchev–Trinajstić information content (AvgIpc) is 2.45. The fraction of sp³-hybridized carbons (Fsp3) is 0.385. The molecule has 0 radical (unpaired) electrons. The van der Waals surface area contributed by atoms with Gasteiger partial charge in [0.05, 0.1) is 0 Å². The summed E-state index contributed by atoms with van der Waals surface area (Å²) in [6.07, 6.45) is -5.57. The van der Waals surface area contributed by atoms with Gasteiger partial charge in [-0.15, -0.1) is 0 Å². The molecule has 0 aliphatic carbocycles. The second kappa shape index (κ2) is 8.32. The Hall–Kier alpha value is -2.36. The van der Waals surface area contributed by atoms with E-state index in [4.69, 9.17) is 4.74 Å². The predicted molar refractivity (Wildman–Crippen MR) is 69.6 cm³/mol. The maximum absolute atomic E-state index is 12.7. The van der Waals surface area contributed by atoms with Crippen molar-refractivity contribution in [1.82, 2.24) is 10.9 Å². The van der Waals surface area contributed by atoms with Crippen molar-refractivity contribution >= 4 is 11.8 Å². The van der Waals surface area contributed by atoms with E-state index in [2.05, 4.69) is 4.74 Å². The Balaban J connectivity index is 2.29. The van der Waals surface area contributed by atoms with Gasteiger partial charge < -0.3 is 9.47 Å². The van der Waals surface area contributed by atoms with Crippen LogP contribution >= 0.6 is 0 Å². The third-order valence-electron chi connectivity index (χ3n) is 2.32. The first-order chi connectivity index (χ1) is 10.7. The van der Waals surface area contributed by atoms with E-state index in [9.17, 15) is 27.2 Å². The van der Waals surface area contributed by atoms with Crippen LogP contribution in [0.1, 0.15) is 6.92 Å². The van der Waals surface area contributed by atoms with Gasteiger partial charge in [0.25, 0.3) is 11.8 Å². The normalized spacial score (nSPS) is 12.4. The highest BCUT2D eigenvalue weighted by molar-refractivity contribution is 5.85. The molecule has 0 aliphatic rings. The third-order valence-corrected chi connectivity index (χ3v) is 2.32. The summed E-state index contributed by atoms with van der Waals surface area (Å²) in [6.45, 7) is -1.07. The number of carbonyl (C=O) groups is 2. The summed E-state index contributed by atoms with van der Waals surface area (Å²) in [7, 11) is 0. The second-order valence-corrected chi connectivity index (χ2v) is 4.36. The fourth-order valence-electron chi connectivity index (χ4n) is 1.30. The Morgan fingerprint density at radius 3 is 2.35 bits per heavy atom. The highest BCUT2D eigenvalue weighted by atomic mass is 19.4. The number of amides is 2. The number of alkyl halides is 3. The van der Waals surface area contributed by atoms with Gasteiger partial charge in [-0.25, -0.2) is 4.39 Å².